The number of rotatable bonds is 4. The minimum absolute atomic E-state index is 0.516. The molecule has 0 spiro atoms. The molecule has 1 aromatic carbocycles. The predicted molar refractivity (Wildman–Crippen MR) is 71.1 cm³/mol. The van der Waals surface area contributed by atoms with Crippen LogP contribution >= 0.6 is 35.0 Å². The fourth-order valence-corrected chi connectivity index (χ4v) is 2.71. The molecule has 0 fully saturated rings. The van der Waals surface area contributed by atoms with E-state index in [-0.39, 0.29) is 0 Å². The van der Waals surface area contributed by atoms with Crippen molar-refractivity contribution >= 4 is 40.7 Å². The highest BCUT2D eigenvalue weighted by Crippen LogP contribution is 2.33. The summed E-state index contributed by atoms with van der Waals surface area (Å²) in [7, 11) is 0. The maximum Gasteiger partial charge on any atom is 0.0613 e. The molecule has 0 aliphatic rings. The highest BCUT2D eigenvalue weighted by Gasteiger charge is 2.05. The molecule has 1 nitrogen and oxygen atoms in total. The number of hydrogen-bond donors (Lipinski definition) is 1. The van der Waals surface area contributed by atoms with E-state index >= 15 is 0 Å². The molecule has 0 saturated heterocycles. The normalized spacial score (nSPS) is 11.0. The van der Waals surface area contributed by atoms with E-state index < -0.39 is 0 Å². The van der Waals surface area contributed by atoms with Gasteiger partial charge in [0.1, 0.15) is 0 Å². The molecule has 0 aliphatic heterocycles. The second-order valence-electron chi connectivity index (χ2n) is 3.84. The zero-order chi connectivity index (χ0) is 11.4. The molecular formula is C11H15Cl2NS. The molecule has 15 heavy (non-hydrogen) atoms. The SMILES string of the molecule is CC(C)CCSc1cc(Cl)c(Cl)cc1N. The molecule has 0 unspecified atom stereocenters. The van der Waals surface area contributed by atoms with Crippen LogP contribution in [-0.4, -0.2) is 5.75 Å². The van der Waals surface area contributed by atoms with Gasteiger partial charge in [-0.1, -0.05) is 37.0 Å². The Labute approximate surface area is 105 Å². The lowest BCUT2D eigenvalue weighted by Crippen LogP contribution is -1.93. The Bertz CT molecular complexity index is 340. The van der Waals surface area contributed by atoms with E-state index in [1.807, 2.05) is 6.07 Å². The highest BCUT2D eigenvalue weighted by atomic mass is 35.5. The van der Waals surface area contributed by atoms with Crippen LogP contribution in [0.2, 0.25) is 10.0 Å². The van der Waals surface area contributed by atoms with E-state index in [2.05, 4.69) is 13.8 Å². The molecule has 0 aromatic heterocycles. The Balaban J connectivity index is 2.65. The summed E-state index contributed by atoms with van der Waals surface area (Å²) < 4.78 is 0. The smallest absolute Gasteiger partial charge is 0.0613 e. The molecule has 0 saturated carbocycles. The number of thioether (sulfide) groups is 1. The van der Waals surface area contributed by atoms with Crippen LogP contribution in [-0.2, 0) is 0 Å². The van der Waals surface area contributed by atoms with Crippen LogP contribution in [0.4, 0.5) is 5.69 Å². The molecule has 1 aromatic rings. The first-order chi connectivity index (χ1) is 7.00. The standard InChI is InChI=1S/C11H15Cl2NS/c1-7(2)3-4-15-11-6-9(13)8(12)5-10(11)14/h5-7H,3-4,14H2,1-2H3. The average Bonchev–Trinajstić information content (AvgIpc) is 2.13. The molecule has 4 heteroatoms. The van der Waals surface area contributed by atoms with Gasteiger partial charge in [-0.05, 0) is 30.2 Å². The lowest BCUT2D eigenvalue weighted by atomic mass is 10.2. The Kier molecular flexibility index (Phi) is 5.10. The van der Waals surface area contributed by atoms with E-state index in [1.165, 1.54) is 6.42 Å². The number of nitrogens with two attached hydrogens (primary N) is 1. The Morgan fingerprint density at radius 2 is 1.87 bits per heavy atom. The van der Waals surface area contributed by atoms with E-state index in [4.69, 9.17) is 28.9 Å². The van der Waals surface area contributed by atoms with Crippen LogP contribution in [0.25, 0.3) is 0 Å². The first-order valence-electron chi connectivity index (χ1n) is 4.88. The first-order valence-corrected chi connectivity index (χ1v) is 6.62. The molecule has 0 aliphatic carbocycles. The maximum atomic E-state index is 5.93. The predicted octanol–water partition coefficient (Wildman–Crippen LogP) is 4.71. The summed E-state index contributed by atoms with van der Waals surface area (Å²) in [6.45, 7) is 4.41. The molecule has 1 rings (SSSR count). The minimum Gasteiger partial charge on any atom is -0.398 e. The number of nitrogen functional groups attached to an aromatic ring is 1. The van der Waals surface area contributed by atoms with Gasteiger partial charge in [-0.25, -0.2) is 0 Å². The van der Waals surface area contributed by atoms with Gasteiger partial charge in [0, 0.05) is 10.6 Å². The van der Waals surface area contributed by atoms with Crippen LogP contribution in [0.5, 0.6) is 0 Å². The molecule has 0 heterocycles. The van der Waals surface area contributed by atoms with Crippen LogP contribution in [0.1, 0.15) is 20.3 Å². The Hall–Kier alpha value is -0.0500. The minimum atomic E-state index is 0.516. The Morgan fingerprint density at radius 3 is 2.47 bits per heavy atom. The van der Waals surface area contributed by atoms with Crippen molar-refractivity contribution in [3.63, 3.8) is 0 Å². The van der Waals surface area contributed by atoms with Crippen molar-refractivity contribution < 1.29 is 0 Å². The second kappa shape index (κ2) is 5.88. The van der Waals surface area contributed by atoms with E-state index in [9.17, 15) is 0 Å². The third kappa shape index (κ3) is 4.13. The van der Waals surface area contributed by atoms with Gasteiger partial charge in [-0.2, -0.15) is 0 Å². The largest absolute Gasteiger partial charge is 0.398 e. The van der Waals surface area contributed by atoms with Crippen molar-refractivity contribution in [3.05, 3.63) is 22.2 Å². The molecule has 0 atom stereocenters. The lowest BCUT2D eigenvalue weighted by molar-refractivity contribution is 0.632. The summed E-state index contributed by atoms with van der Waals surface area (Å²) in [4.78, 5) is 1.02. The maximum absolute atomic E-state index is 5.93. The van der Waals surface area contributed by atoms with Gasteiger partial charge in [0.05, 0.1) is 10.0 Å². The van der Waals surface area contributed by atoms with Crippen LogP contribution in [0.3, 0.4) is 0 Å². The third-order valence-electron chi connectivity index (χ3n) is 2.01. The van der Waals surface area contributed by atoms with Gasteiger partial charge in [-0.3, -0.25) is 0 Å². The summed E-state index contributed by atoms with van der Waals surface area (Å²) >= 11 is 13.5. The average molecular weight is 264 g/mol. The zero-order valence-corrected chi connectivity index (χ0v) is 11.2. The number of anilines is 1. The summed E-state index contributed by atoms with van der Waals surface area (Å²) in [5.41, 5.74) is 6.55. The van der Waals surface area contributed by atoms with E-state index in [1.54, 1.807) is 17.8 Å². The monoisotopic (exact) mass is 263 g/mol. The van der Waals surface area contributed by atoms with Crippen molar-refractivity contribution in [1.29, 1.82) is 0 Å². The molecule has 0 amide bonds. The van der Waals surface area contributed by atoms with Gasteiger partial charge in [0.15, 0.2) is 0 Å². The number of hydrogen-bond acceptors (Lipinski definition) is 2. The Morgan fingerprint density at radius 1 is 1.27 bits per heavy atom. The summed E-state index contributed by atoms with van der Waals surface area (Å²) in [5, 5.41) is 1.08. The molecular weight excluding hydrogens is 249 g/mol. The molecule has 0 bridgehead atoms. The van der Waals surface area contributed by atoms with Crippen molar-refractivity contribution in [3.8, 4) is 0 Å². The van der Waals surface area contributed by atoms with Crippen molar-refractivity contribution in [1.82, 2.24) is 0 Å². The molecule has 2 N–H and O–H groups in total. The fourth-order valence-electron chi connectivity index (χ4n) is 1.07. The van der Waals surface area contributed by atoms with Crippen molar-refractivity contribution in [2.24, 2.45) is 5.92 Å². The van der Waals surface area contributed by atoms with Crippen LogP contribution in [0.15, 0.2) is 17.0 Å². The number of halogens is 2. The van der Waals surface area contributed by atoms with Gasteiger partial charge >= 0.3 is 0 Å². The van der Waals surface area contributed by atoms with E-state index in [0.29, 0.717) is 21.7 Å². The third-order valence-corrected chi connectivity index (χ3v) is 3.83. The van der Waals surface area contributed by atoms with Gasteiger partial charge in [0.2, 0.25) is 0 Å². The first kappa shape index (κ1) is 13.0. The number of benzene rings is 1. The van der Waals surface area contributed by atoms with Crippen molar-refractivity contribution in [2.45, 2.75) is 25.2 Å². The van der Waals surface area contributed by atoms with Gasteiger partial charge < -0.3 is 5.73 Å². The van der Waals surface area contributed by atoms with Gasteiger partial charge in [0.25, 0.3) is 0 Å². The quantitative estimate of drug-likeness (QED) is 0.629. The van der Waals surface area contributed by atoms with Crippen LogP contribution < -0.4 is 5.73 Å². The topological polar surface area (TPSA) is 26.0 Å². The molecule has 84 valence electrons. The second-order valence-corrected chi connectivity index (χ2v) is 5.79. The van der Waals surface area contributed by atoms with E-state index in [0.717, 1.165) is 10.6 Å². The fraction of sp³-hybridized carbons (Fsp3) is 0.455. The van der Waals surface area contributed by atoms with Gasteiger partial charge in [-0.15, -0.1) is 11.8 Å². The lowest BCUT2D eigenvalue weighted by Gasteiger charge is -2.08. The summed E-state index contributed by atoms with van der Waals surface area (Å²) in [6.07, 6.45) is 1.17. The molecule has 0 radical (unpaired) electrons. The summed E-state index contributed by atoms with van der Waals surface area (Å²) in [6, 6.07) is 3.55. The van der Waals surface area contributed by atoms with Crippen molar-refractivity contribution in [2.75, 3.05) is 11.5 Å². The highest BCUT2D eigenvalue weighted by molar-refractivity contribution is 7.99. The summed E-state index contributed by atoms with van der Waals surface area (Å²) in [5.74, 6) is 1.77. The zero-order valence-electron chi connectivity index (χ0n) is 8.89. The van der Waals surface area contributed by atoms with Crippen LogP contribution in [0, 0.1) is 5.92 Å².